The van der Waals surface area contributed by atoms with Crippen LogP contribution in [0.2, 0.25) is 0 Å². The van der Waals surface area contributed by atoms with Crippen molar-refractivity contribution in [2.75, 3.05) is 13.7 Å². The van der Waals surface area contributed by atoms with Crippen molar-refractivity contribution in [1.82, 2.24) is 5.32 Å². The number of hydrogen-bond acceptors (Lipinski definition) is 5. The van der Waals surface area contributed by atoms with Gasteiger partial charge < -0.3 is 4.74 Å². The number of nitrogens with zero attached hydrogens (tertiary/aromatic N) is 2. The van der Waals surface area contributed by atoms with E-state index < -0.39 is 16.3 Å². The molecule has 1 atom stereocenters. The predicted molar refractivity (Wildman–Crippen MR) is 66.4 cm³/mol. The van der Waals surface area contributed by atoms with Gasteiger partial charge in [0.1, 0.15) is 12.1 Å². The topological polar surface area (TPSA) is 88.2 Å². The second-order valence-corrected chi connectivity index (χ2v) is 4.31. The SMILES string of the molecule is CNC(C)(C#N)COc1cc(C)c([N+](=O)[O-])cc1F. The Balaban J connectivity index is 2.96. The summed E-state index contributed by atoms with van der Waals surface area (Å²) in [6.45, 7) is 3.02. The lowest BCUT2D eigenvalue weighted by Gasteiger charge is -2.21. The maximum atomic E-state index is 13.6. The number of nitriles is 1. The molecule has 19 heavy (non-hydrogen) atoms. The fraction of sp³-hybridized carbons (Fsp3) is 0.417. The molecule has 0 bridgehead atoms. The molecule has 0 aliphatic heterocycles. The molecule has 0 saturated heterocycles. The Morgan fingerprint density at radius 3 is 2.74 bits per heavy atom. The van der Waals surface area contributed by atoms with Crippen LogP contribution >= 0.6 is 0 Å². The molecule has 7 heteroatoms. The van der Waals surface area contributed by atoms with Gasteiger partial charge in [-0.1, -0.05) is 0 Å². The summed E-state index contributed by atoms with van der Waals surface area (Å²) in [6, 6.07) is 4.06. The summed E-state index contributed by atoms with van der Waals surface area (Å²) in [7, 11) is 1.59. The molecule has 0 aliphatic carbocycles. The quantitative estimate of drug-likeness (QED) is 0.650. The molecule has 1 N–H and O–H groups in total. The van der Waals surface area contributed by atoms with Crippen LogP contribution in [0.5, 0.6) is 5.75 Å². The van der Waals surface area contributed by atoms with Crippen LogP contribution in [0.1, 0.15) is 12.5 Å². The van der Waals surface area contributed by atoms with Gasteiger partial charge in [0.2, 0.25) is 0 Å². The van der Waals surface area contributed by atoms with E-state index in [0.717, 1.165) is 6.07 Å². The number of halogens is 1. The smallest absolute Gasteiger partial charge is 0.275 e. The highest BCUT2D eigenvalue weighted by molar-refractivity contribution is 5.45. The zero-order valence-electron chi connectivity index (χ0n) is 10.9. The number of rotatable bonds is 5. The van der Waals surface area contributed by atoms with Crippen LogP contribution in [0, 0.1) is 34.2 Å². The Hall–Kier alpha value is -2.20. The van der Waals surface area contributed by atoms with Crippen LogP contribution in [0.25, 0.3) is 0 Å². The van der Waals surface area contributed by atoms with Gasteiger partial charge in [-0.3, -0.25) is 15.4 Å². The van der Waals surface area contributed by atoms with Crippen molar-refractivity contribution in [3.05, 3.63) is 33.6 Å². The van der Waals surface area contributed by atoms with Gasteiger partial charge in [0.25, 0.3) is 5.69 Å². The van der Waals surface area contributed by atoms with Crippen LogP contribution in [0.15, 0.2) is 12.1 Å². The Kier molecular flexibility index (Phi) is 4.40. The van der Waals surface area contributed by atoms with Crippen molar-refractivity contribution in [3.63, 3.8) is 0 Å². The number of aryl methyl sites for hydroxylation is 1. The summed E-state index contributed by atoms with van der Waals surface area (Å²) < 4.78 is 18.9. The van der Waals surface area contributed by atoms with Gasteiger partial charge in [0.05, 0.1) is 17.1 Å². The first kappa shape index (κ1) is 14.9. The third kappa shape index (κ3) is 3.39. The van der Waals surface area contributed by atoms with Crippen molar-refractivity contribution < 1.29 is 14.1 Å². The van der Waals surface area contributed by atoms with Crippen LogP contribution in [0.3, 0.4) is 0 Å². The zero-order chi connectivity index (χ0) is 14.6. The lowest BCUT2D eigenvalue weighted by molar-refractivity contribution is -0.385. The van der Waals surface area contributed by atoms with Crippen molar-refractivity contribution in [2.45, 2.75) is 19.4 Å². The maximum absolute atomic E-state index is 13.6. The van der Waals surface area contributed by atoms with Crippen molar-refractivity contribution in [2.24, 2.45) is 0 Å². The lowest BCUT2D eigenvalue weighted by atomic mass is 10.1. The first-order valence-corrected chi connectivity index (χ1v) is 5.50. The summed E-state index contributed by atoms with van der Waals surface area (Å²) in [4.78, 5) is 9.98. The largest absolute Gasteiger partial charge is 0.487 e. The van der Waals surface area contributed by atoms with Gasteiger partial charge in [0, 0.05) is 5.56 Å². The van der Waals surface area contributed by atoms with E-state index in [0.29, 0.717) is 5.56 Å². The normalized spacial score (nSPS) is 13.4. The first-order valence-electron chi connectivity index (χ1n) is 5.50. The minimum Gasteiger partial charge on any atom is -0.487 e. The molecule has 0 aromatic heterocycles. The van der Waals surface area contributed by atoms with Crippen molar-refractivity contribution in [1.29, 1.82) is 5.26 Å². The molecule has 0 heterocycles. The Morgan fingerprint density at radius 2 is 2.26 bits per heavy atom. The van der Waals surface area contributed by atoms with Crippen LogP contribution in [0.4, 0.5) is 10.1 Å². The first-order chi connectivity index (χ1) is 8.83. The average Bonchev–Trinajstić information content (AvgIpc) is 2.38. The Labute approximate surface area is 109 Å². The number of ether oxygens (including phenoxy) is 1. The Bertz CT molecular complexity index is 542. The highest BCUT2D eigenvalue weighted by atomic mass is 19.1. The van der Waals surface area contributed by atoms with Gasteiger partial charge >= 0.3 is 0 Å². The minimum atomic E-state index is -0.956. The number of likely N-dealkylation sites (N-methyl/N-ethyl adjacent to an activating group) is 1. The Morgan fingerprint density at radius 1 is 1.63 bits per heavy atom. The summed E-state index contributed by atoms with van der Waals surface area (Å²) in [5.74, 6) is -0.937. The molecule has 1 aromatic rings. The van der Waals surface area contributed by atoms with Gasteiger partial charge in [-0.05, 0) is 27.0 Å². The van der Waals surface area contributed by atoms with E-state index in [1.165, 1.54) is 13.0 Å². The number of benzene rings is 1. The van der Waals surface area contributed by atoms with Crippen LogP contribution in [-0.2, 0) is 0 Å². The third-order valence-electron chi connectivity index (χ3n) is 2.76. The van der Waals surface area contributed by atoms with E-state index in [-0.39, 0.29) is 18.0 Å². The van der Waals surface area contributed by atoms with E-state index in [1.54, 1.807) is 14.0 Å². The molecular formula is C12H14FN3O3. The molecule has 0 saturated carbocycles. The standard InChI is InChI=1S/C12H14FN3O3/c1-8-4-11(9(13)5-10(8)16(17)18)19-7-12(2,6-14)15-3/h4-5,15H,7H2,1-3H3. The van der Waals surface area contributed by atoms with Gasteiger partial charge in [0.15, 0.2) is 11.6 Å². The summed E-state index contributed by atoms with van der Waals surface area (Å²) in [6.07, 6.45) is 0. The molecule has 1 aromatic carbocycles. The average molecular weight is 267 g/mol. The maximum Gasteiger partial charge on any atom is 0.275 e. The second kappa shape index (κ2) is 5.63. The molecule has 0 fully saturated rings. The van der Waals surface area contributed by atoms with Gasteiger partial charge in [-0.2, -0.15) is 5.26 Å². The number of nitro benzene ring substituents is 1. The molecule has 1 rings (SSSR count). The highest BCUT2D eigenvalue weighted by Crippen LogP contribution is 2.27. The number of nitro groups is 1. The third-order valence-corrected chi connectivity index (χ3v) is 2.76. The molecule has 0 aliphatic rings. The van der Waals surface area contributed by atoms with Crippen molar-refractivity contribution >= 4 is 5.69 Å². The van der Waals surface area contributed by atoms with Crippen LogP contribution in [-0.4, -0.2) is 24.1 Å². The van der Waals surface area contributed by atoms with Gasteiger partial charge in [-0.15, -0.1) is 0 Å². The second-order valence-electron chi connectivity index (χ2n) is 4.31. The lowest BCUT2D eigenvalue weighted by Crippen LogP contribution is -2.43. The molecule has 102 valence electrons. The fourth-order valence-corrected chi connectivity index (χ4v) is 1.33. The molecular weight excluding hydrogens is 253 g/mol. The molecule has 0 spiro atoms. The van der Waals surface area contributed by atoms with E-state index in [4.69, 9.17) is 10.00 Å². The van der Waals surface area contributed by atoms with E-state index in [2.05, 4.69) is 5.32 Å². The van der Waals surface area contributed by atoms with E-state index in [1.807, 2.05) is 6.07 Å². The van der Waals surface area contributed by atoms with E-state index in [9.17, 15) is 14.5 Å². The monoisotopic (exact) mass is 267 g/mol. The predicted octanol–water partition coefficient (Wildman–Crippen LogP) is 1.92. The number of hydrogen-bond donors (Lipinski definition) is 1. The molecule has 1 unspecified atom stereocenters. The van der Waals surface area contributed by atoms with Crippen LogP contribution < -0.4 is 10.1 Å². The summed E-state index contributed by atoms with van der Waals surface area (Å²) >= 11 is 0. The highest BCUT2D eigenvalue weighted by Gasteiger charge is 2.24. The molecule has 0 amide bonds. The molecule has 0 radical (unpaired) electrons. The van der Waals surface area contributed by atoms with E-state index >= 15 is 0 Å². The van der Waals surface area contributed by atoms with Gasteiger partial charge in [-0.25, -0.2) is 4.39 Å². The summed E-state index contributed by atoms with van der Waals surface area (Å²) in [5, 5.41) is 22.3. The summed E-state index contributed by atoms with van der Waals surface area (Å²) in [5.41, 5.74) is -0.965. The zero-order valence-corrected chi connectivity index (χ0v) is 10.9. The minimum absolute atomic E-state index is 0.0752. The fourth-order valence-electron chi connectivity index (χ4n) is 1.33. The molecule has 6 nitrogen and oxygen atoms in total. The van der Waals surface area contributed by atoms with Crippen molar-refractivity contribution in [3.8, 4) is 11.8 Å². The number of nitrogens with one attached hydrogen (secondary N) is 1.